The predicted octanol–water partition coefficient (Wildman–Crippen LogP) is 2.64. The molecule has 6 heteroatoms. The van der Waals surface area contributed by atoms with Gasteiger partial charge in [0, 0.05) is 38.1 Å². The zero-order valence-electron chi connectivity index (χ0n) is 15.9. The largest absolute Gasteiger partial charge is 0.493 e. The summed E-state index contributed by atoms with van der Waals surface area (Å²) in [7, 11) is 5.56. The van der Waals surface area contributed by atoms with Gasteiger partial charge in [0.2, 0.25) is 0 Å². The Morgan fingerprint density at radius 2 is 2.04 bits per heavy atom. The third kappa shape index (κ3) is 4.43. The molecular formula is C20H28N4O2. The SMILES string of the molecule is COc1ccc(CCN(C)C2CCCN(c3cnccn3)C2)cc1OC. The van der Waals surface area contributed by atoms with E-state index in [0.29, 0.717) is 6.04 Å². The van der Waals surface area contributed by atoms with Gasteiger partial charge < -0.3 is 19.3 Å². The van der Waals surface area contributed by atoms with E-state index < -0.39 is 0 Å². The highest BCUT2D eigenvalue weighted by Gasteiger charge is 2.24. The molecule has 2 heterocycles. The summed E-state index contributed by atoms with van der Waals surface area (Å²) in [5.74, 6) is 2.54. The Bertz CT molecular complexity index is 695. The highest BCUT2D eigenvalue weighted by molar-refractivity contribution is 5.43. The maximum Gasteiger partial charge on any atom is 0.160 e. The molecular weight excluding hydrogens is 328 g/mol. The van der Waals surface area contributed by atoms with Gasteiger partial charge in [-0.2, -0.15) is 0 Å². The van der Waals surface area contributed by atoms with E-state index in [0.717, 1.165) is 43.4 Å². The number of hydrogen-bond acceptors (Lipinski definition) is 6. The zero-order valence-corrected chi connectivity index (χ0v) is 15.9. The van der Waals surface area contributed by atoms with E-state index in [1.807, 2.05) is 12.3 Å². The Balaban J connectivity index is 1.57. The van der Waals surface area contributed by atoms with Gasteiger partial charge in [0.25, 0.3) is 0 Å². The lowest BCUT2D eigenvalue weighted by molar-refractivity contribution is 0.217. The fourth-order valence-electron chi connectivity index (χ4n) is 3.50. The number of benzene rings is 1. The van der Waals surface area contributed by atoms with Gasteiger partial charge in [0.15, 0.2) is 11.5 Å². The summed E-state index contributed by atoms with van der Waals surface area (Å²) in [6, 6.07) is 6.69. The van der Waals surface area contributed by atoms with E-state index in [4.69, 9.17) is 9.47 Å². The number of nitrogens with zero attached hydrogens (tertiary/aromatic N) is 4. The lowest BCUT2D eigenvalue weighted by Crippen LogP contribution is -2.47. The molecule has 1 aromatic carbocycles. The van der Waals surface area contributed by atoms with Gasteiger partial charge in [-0.1, -0.05) is 6.07 Å². The fourth-order valence-corrected chi connectivity index (χ4v) is 3.50. The molecule has 0 aliphatic carbocycles. The van der Waals surface area contributed by atoms with Gasteiger partial charge in [0.05, 0.1) is 20.4 Å². The maximum absolute atomic E-state index is 5.40. The Kier molecular flexibility index (Phi) is 6.28. The number of hydrogen-bond donors (Lipinski definition) is 0. The highest BCUT2D eigenvalue weighted by Crippen LogP contribution is 2.28. The summed E-state index contributed by atoms with van der Waals surface area (Å²) >= 11 is 0. The first-order valence-corrected chi connectivity index (χ1v) is 9.13. The molecule has 2 aromatic rings. The number of aromatic nitrogens is 2. The summed E-state index contributed by atoms with van der Waals surface area (Å²) in [5.41, 5.74) is 1.26. The van der Waals surface area contributed by atoms with Gasteiger partial charge in [-0.15, -0.1) is 0 Å². The first-order valence-electron chi connectivity index (χ1n) is 9.13. The van der Waals surface area contributed by atoms with Crippen LogP contribution in [0.5, 0.6) is 11.5 Å². The van der Waals surface area contributed by atoms with E-state index in [2.05, 4.69) is 38.9 Å². The number of piperidine rings is 1. The molecule has 1 aliphatic heterocycles. The lowest BCUT2D eigenvalue weighted by atomic mass is 10.0. The average molecular weight is 356 g/mol. The molecule has 0 saturated carbocycles. The van der Waals surface area contributed by atoms with Crippen LogP contribution in [0.2, 0.25) is 0 Å². The van der Waals surface area contributed by atoms with Crippen molar-refractivity contribution in [2.75, 3.05) is 45.8 Å². The van der Waals surface area contributed by atoms with Crippen molar-refractivity contribution in [2.24, 2.45) is 0 Å². The fraction of sp³-hybridized carbons (Fsp3) is 0.500. The molecule has 0 spiro atoms. The van der Waals surface area contributed by atoms with Gasteiger partial charge in [-0.25, -0.2) is 4.98 Å². The number of rotatable bonds is 7. The van der Waals surface area contributed by atoms with E-state index in [1.54, 1.807) is 26.6 Å². The summed E-state index contributed by atoms with van der Waals surface area (Å²) in [5, 5.41) is 0. The molecule has 1 aromatic heterocycles. The van der Waals surface area contributed by atoms with Crippen molar-refractivity contribution in [2.45, 2.75) is 25.3 Å². The first kappa shape index (κ1) is 18.5. The van der Waals surface area contributed by atoms with Crippen LogP contribution in [0.15, 0.2) is 36.8 Å². The number of ether oxygens (including phenoxy) is 2. The van der Waals surface area contributed by atoms with Gasteiger partial charge in [-0.05, 0) is 44.0 Å². The molecule has 26 heavy (non-hydrogen) atoms. The molecule has 3 rings (SSSR count). The van der Waals surface area contributed by atoms with E-state index in [9.17, 15) is 0 Å². The second-order valence-corrected chi connectivity index (χ2v) is 6.73. The summed E-state index contributed by atoms with van der Waals surface area (Å²) in [4.78, 5) is 13.4. The monoisotopic (exact) mass is 356 g/mol. The number of likely N-dealkylation sites (N-methyl/N-ethyl adjacent to an activating group) is 1. The van der Waals surface area contributed by atoms with Crippen molar-refractivity contribution >= 4 is 5.82 Å². The Morgan fingerprint density at radius 1 is 1.19 bits per heavy atom. The van der Waals surface area contributed by atoms with Crippen LogP contribution in [0.25, 0.3) is 0 Å². The van der Waals surface area contributed by atoms with Crippen molar-refractivity contribution in [1.29, 1.82) is 0 Å². The minimum absolute atomic E-state index is 0.533. The molecule has 1 atom stereocenters. The molecule has 0 radical (unpaired) electrons. The minimum atomic E-state index is 0.533. The second-order valence-electron chi connectivity index (χ2n) is 6.73. The number of anilines is 1. The third-order valence-corrected chi connectivity index (χ3v) is 5.09. The van der Waals surface area contributed by atoms with Crippen LogP contribution in [-0.2, 0) is 6.42 Å². The molecule has 1 saturated heterocycles. The standard InChI is InChI=1S/C20H28N4O2/c1-23(12-8-16-6-7-18(25-2)19(13-16)26-3)17-5-4-11-24(15-17)20-14-21-9-10-22-20/h6-7,9-10,13-14,17H,4-5,8,11-12,15H2,1-3H3. The molecule has 140 valence electrons. The van der Waals surface area contributed by atoms with Crippen LogP contribution in [0, 0.1) is 0 Å². The van der Waals surface area contributed by atoms with Crippen molar-refractivity contribution in [3.8, 4) is 11.5 Å². The van der Waals surface area contributed by atoms with Gasteiger partial charge in [-0.3, -0.25) is 4.98 Å². The van der Waals surface area contributed by atoms with Crippen LogP contribution in [-0.4, -0.2) is 61.8 Å². The van der Waals surface area contributed by atoms with Crippen LogP contribution < -0.4 is 14.4 Å². The molecule has 0 amide bonds. The Hall–Kier alpha value is -2.34. The predicted molar refractivity (Wildman–Crippen MR) is 103 cm³/mol. The maximum atomic E-state index is 5.40. The zero-order chi connectivity index (χ0) is 18.4. The quantitative estimate of drug-likeness (QED) is 0.760. The average Bonchev–Trinajstić information content (AvgIpc) is 2.72. The molecule has 1 aliphatic rings. The van der Waals surface area contributed by atoms with Crippen LogP contribution in [0.4, 0.5) is 5.82 Å². The lowest BCUT2D eigenvalue weighted by Gasteiger charge is -2.38. The van der Waals surface area contributed by atoms with Crippen molar-refractivity contribution < 1.29 is 9.47 Å². The smallest absolute Gasteiger partial charge is 0.160 e. The van der Waals surface area contributed by atoms with Crippen LogP contribution in [0.3, 0.4) is 0 Å². The Morgan fingerprint density at radius 3 is 2.77 bits per heavy atom. The summed E-state index contributed by atoms with van der Waals surface area (Å²) < 4.78 is 10.7. The molecule has 1 fully saturated rings. The van der Waals surface area contributed by atoms with E-state index in [-0.39, 0.29) is 0 Å². The van der Waals surface area contributed by atoms with Crippen molar-refractivity contribution in [1.82, 2.24) is 14.9 Å². The van der Waals surface area contributed by atoms with Gasteiger partial charge in [0.1, 0.15) is 5.82 Å². The topological polar surface area (TPSA) is 50.7 Å². The van der Waals surface area contributed by atoms with Gasteiger partial charge >= 0.3 is 0 Å². The summed E-state index contributed by atoms with van der Waals surface area (Å²) in [6.45, 7) is 3.06. The normalized spacial score (nSPS) is 17.4. The van der Waals surface area contributed by atoms with E-state index in [1.165, 1.54) is 18.4 Å². The molecule has 0 bridgehead atoms. The van der Waals surface area contributed by atoms with Crippen LogP contribution in [0.1, 0.15) is 18.4 Å². The van der Waals surface area contributed by atoms with Crippen molar-refractivity contribution in [3.05, 3.63) is 42.4 Å². The first-order chi connectivity index (χ1) is 12.7. The third-order valence-electron chi connectivity index (χ3n) is 5.09. The highest BCUT2D eigenvalue weighted by atomic mass is 16.5. The van der Waals surface area contributed by atoms with E-state index >= 15 is 0 Å². The minimum Gasteiger partial charge on any atom is -0.493 e. The summed E-state index contributed by atoms with van der Waals surface area (Å²) in [6.07, 6.45) is 8.73. The molecule has 6 nitrogen and oxygen atoms in total. The number of methoxy groups -OCH3 is 2. The second kappa shape index (κ2) is 8.85. The van der Waals surface area contributed by atoms with Crippen LogP contribution >= 0.6 is 0 Å². The Labute approximate surface area is 155 Å². The molecule has 1 unspecified atom stereocenters. The molecule has 0 N–H and O–H groups in total. The van der Waals surface area contributed by atoms with Crippen molar-refractivity contribution in [3.63, 3.8) is 0 Å².